The molecule has 0 bridgehead atoms. The summed E-state index contributed by atoms with van der Waals surface area (Å²) in [5.41, 5.74) is 2.23. The largest absolute Gasteiger partial charge is 0.411 e. The van der Waals surface area contributed by atoms with E-state index < -0.39 is 12.8 Å². The van der Waals surface area contributed by atoms with Crippen molar-refractivity contribution in [3.05, 3.63) is 30.1 Å². The van der Waals surface area contributed by atoms with Gasteiger partial charge in [-0.25, -0.2) is 9.97 Å². The van der Waals surface area contributed by atoms with Crippen molar-refractivity contribution in [2.45, 2.75) is 45.5 Å². The van der Waals surface area contributed by atoms with Crippen LogP contribution in [0.5, 0.6) is 0 Å². The molecule has 0 aliphatic carbocycles. The molecule has 3 aromatic rings. The maximum absolute atomic E-state index is 12.3. The van der Waals surface area contributed by atoms with Crippen LogP contribution in [-0.2, 0) is 11.3 Å². The lowest BCUT2D eigenvalue weighted by Gasteiger charge is -2.22. The molecule has 1 N–H and O–H groups in total. The maximum atomic E-state index is 12.3. The van der Waals surface area contributed by atoms with Gasteiger partial charge >= 0.3 is 6.18 Å². The Balaban J connectivity index is 1.66. The van der Waals surface area contributed by atoms with Gasteiger partial charge in [-0.1, -0.05) is 0 Å². The van der Waals surface area contributed by atoms with Crippen LogP contribution in [-0.4, -0.2) is 56.7 Å². The van der Waals surface area contributed by atoms with Crippen molar-refractivity contribution in [2.75, 3.05) is 30.0 Å². The van der Waals surface area contributed by atoms with Crippen molar-refractivity contribution in [1.82, 2.24) is 24.7 Å². The number of halogens is 3. The third-order valence-corrected chi connectivity index (χ3v) is 5.16. The highest BCUT2D eigenvalue weighted by Crippen LogP contribution is 2.29. The van der Waals surface area contributed by atoms with E-state index in [-0.39, 0.29) is 13.2 Å². The van der Waals surface area contributed by atoms with Crippen molar-refractivity contribution in [2.24, 2.45) is 0 Å². The van der Waals surface area contributed by atoms with Crippen LogP contribution in [0.15, 0.2) is 24.5 Å². The van der Waals surface area contributed by atoms with Crippen molar-refractivity contribution in [3.63, 3.8) is 0 Å². The first-order valence-corrected chi connectivity index (χ1v) is 10.1. The fourth-order valence-corrected chi connectivity index (χ4v) is 3.67. The molecule has 4 heterocycles. The highest BCUT2D eigenvalue weighted by molar-refractivity contribution is 5.88. The Hall–Kier alpha value is -2.95. The highest BCUT2D eigenvalue weighted by Gasteiger charge is 2.28. The fourth-order valence-electron chi connectivity index (χ4n) is 3.67. The van der Waals surface area contributed by atoms with Crippen LogP contribution < -0.4 is 10.2 Å². The van der Waals surface area contributed by atoms with E-state index in [4.69, 9.17) is 9.72 Å². The van der Waals surface area contributed by atoms with Crippen molar-refractivity contribution in [1.29, 1.82) is 0 Å². The average Bonchev–Trinajstić information content (AvgIpc) is 3.30. The third-order valence-electron chi connectivity index (χ3n) is 5.16. The summed E-state index contributed by atoms with van der Waals surface area (Å²) in [6.07, 6.45) is 1.07. The van der Waals surface area contributed by atoms with Gasteiger partial charge in [-0.2, -0.15) is 23.3 Å². The predicted octanol–water partition coefficient (Wildman–Crippen LogP) is 3.84. The predicted molar refractivity (Wildman–Crippen MR) is 110 cm³/mol. The van der Waals surface area contributed by atoms with Crippen LogP contribution in [0.4, 0.5) is 30.8 Å². The first-order chi connectivity index (χ1) is 14.8. The molecule has 31 heavy (non-hydrogen) atoms. The number of aromatic nitrogens is 5. The van der Waals surface area contributed by atoms with Gasteiger partial charge in [0.1, 0.15) is 23.5 Å². The topological polar surface area (TPSA) is 81.0 Å². The summed E-state index contributed by atoms with van der Waals surface area (Å²) >= 11 is 0. The van der Waals surface area contributed by atoms with E-state index in [1.807, 2.05) is 19.1 Å². The smallest absolute Gasteiger partial charge is 0.370 e. The molecule has 0 saturated carbocycles. The Kier molecular flexibility index (Phi) is 5.94. The minimum absolute atomic E-state index is 0.136. The first kappa shape index (κ1) is 21.3. The van der Waals surface area contributed by atoms with Gasteiger partial charge in [0.25, 0.3) is 0 Å². The van der Waals surface area contributed by atoms with Gasteiger partial charge in [0, 0.05) is 18.8 Å². The molecule has 11 heteroatoms. The van der Waals surface area contributed by atoms with Crippen LogP contribution in [0.1, 0.15) is 25.3 Å². The van der Waals surface area contributed by atoms with Gasteiger partial charge in [-0.15, -0.1) is 0 Å². The van der Waals surface area contributed by atoms with Gasteiger partial charge in [-0.05, 0) is 44.4 Å². The molecule has 1 aliphatic rings. The van der Waals surface area contributed by atoms with E-state index >= 15 is 0 Å². The summed E-state index contributed by atoms with van der Waals surface area (Å²) in [6, 6.07) is 4.10. The zero-order chi connectivity index (χ0) is 22.0. The van der Waals surface area contributed by atoms with Crippen LogP contribution in [0, 0.1) is 6.92 Å². The number of hydrogen-bond donors (Lipinski definition) is 1. The monoisotopic (exact) mass is 435 g/mol. The van der Waals surface area contributed by atoms with Gasteiger partial charge in [-0.3, -0.25) is 4.68 Å². The normalized spacial score (nSPS) is 16.9. The molecule has 1 aliphatic heterocycles. The lowest BCUT2D eigenvalue weighted by molar-refractivity contribution is -0.174. The number of nitrogens with one attached hydrogen (secondary N) is 1. The number of aryl methyl sites for hydroxylation is 1. The number of anilines is 3. The molecule has 4 rings (SSSR count). The maximum Gasteiger partial charge on any atom is 0.411 e. The Labute approximate surface area is 177 Å². The van der Waals surface area contributed by atoms with Crippen molar-refractivity contribution in [3.8, 4) is 0 Å². The Morgan fingerprint density at radius 1 is 1.29 bits per heavy atom. The molecule has 1 saturated heterocycles. The van der Waals surface area contributed by atoms with Crippen LogP contribution >= 0.6 is 0 Å². The second kappa shape index (κ2) is 8.66. The fraction of sp³-hybridized carbons (Fsp3) is 0.500. The number of rotatable bonds is 7. The van der Waals surface area contributed by atoms with Gasteiger partial charge in [0.15, 0.2) is 5.82 Å². The van der Waals surface area contributed by atoms with E-state index in [0.29, 0.717) is 34.7 Å². The second-order valence-corrected chi connectivity index (χ2v) is 7.67. The minimum atomic E-state index is -4.36. The highest BCUT2D eigenvalue weighted by atomic mass is 19.4. The summed E-state index contributed by atoms with van der Waals surface area (Å²) in [5, 5.41) is 7.55. The molecule has 0 aromatic carbocycles. The summed E-state index contributed by atoms with van der Waals surface area (Å²) in [4.78, 5) is 15.9. The number of nitrogens with zero attached hydrogens (tertiary/aromatic N) is 6. The Bertz CT molecular complexity index is 1050. The number of hydrogen-bond acceptors (Lipinski definition) is 7. The quantitative estimate of drug-likeness (QED) is 0.565. The van der Waals surface area contributed by atoms with Gasteiger partial charge < -0.3 is 15.0 Å². The van der Waals surface area contributed by atoms with Crippen LogP contribution in [0.3, 0.4) is 0 Å². The molecule has 1 unspecified atom stereocenters. The molecule has 0 amide bonds. The molecule has 1 fully saturated rings. The molecular weight excluding hydrogens is 411 g/mol. The SMILES string of the molecule is Cc1ccnc(Nc2nc(N3CCCC3C)nc3cnn(CCOCC(F)(F)F)c23)c1. The van der Waals surface area contributed by atoms with E-state index in [1.54, 1.807) is 17.1 Å². The van der Waals surface area contributed by atoms with Crippen LogP contribution in [0.2, 0.25) is 0 Å². The molecule has 166 valence electrons. The van der Waals surface area contributed by atoms with E-state index in [0.717, 1.165) is 24.9 Å². The van der Waals surface area contributed by atoms with Crippen LogP contribution in [0.25, 0.3) is 11.0 Å². The molecule has 1 atom stereocenters. The van der Waals surface area contributed by atoms with Gasteiger partial charge in [0.05, 0.1) is 19.3 Å². The number of alkyl halides is 3. The van der Waals surface area contributed by atoms with Crippen molar-refractivity contribution >= 4 is 28.6 Å². The lowest BCUT2D eigenvalue weighted by Crippen LogP contribution is -2.28. The zero-order valence-corrected chi connectivity index (χ0v) is 17.4. The average molecular weight is 435 g/mol. The first-order valence-electron chi connectivity index (χ1n) is 10.1. The lowest BCUT2D eigenvalue weighted by atomic mass is 10.2. The van der Waals surface area contributed by atoms with Crippen molar-refractivity contribution < 1.29 is 17.9 Å². The standard InChI is InChI=1S/C20H24F3N7O/c1-13-5-6-24-16(10-13)27-18-17-15(26-19(28-18)29-7-3-4-14(29)2)11-25-30(17)8-9-31-12-20(21,22)23/h5-6,10-11,14H,3-4,7-9,12H2,1-2H3,(H,24,26,27,28). The summed E-state index contributed by atoms with van der Waals surface area (Å²) in [6.45, 7) is 3.67. The summed E-state index contributed by atoms with van der Waals surface area (Å²) in [7, 11) is 0. The van der Waals surface area contributed by atoms with E-state index in [1.165, 1.54) is 0 Å². The molecule has 0 spiro atoms. The van der Waals surface area contributed by atoms with E-state index in [9.17, 15) is 13.2 Å². The Morgan fingerprint density at radius 2 is 2.13 bits per heavy atom. The molecule has 0 radical (unpaired) electrons. The minimum Gasteiger partial charge on any atom is -0.370 e. The second-order valence-electron chi connectivity index (χ2n) is 7.67. The molecule has 3 aromatic heterocycles. The third kappa shape index (κ3) is 5.04. The Morgan fingerprint density at radius 3 is 2.84 bits per heavy atom. The molecular formula is C20H24F3N7O. The zero-order valence-electron chi connectivity index (χ0n) is 17.4. The number of fused-ring (bicyclic) bond motifs is 1. The number of pyridine rings is 1. The summed E-state index contributed by atoms with van der Waals surface area (Å²) < 4.78 is 43.3. The summed E-state index contributed by atoms with van der Waals surface area (Å²) in [5.74, 6) is 1.72. The molecule has 8 nitrogen and oxygen atoms in total. The van der Waals surface area contributed by atoms with E-state index in [2.05, 4.69) is 32.2 Å². The number of ether oxygens (including phenoxy) is 1. The van der Waals surface area contributed by atoms with Gasteiger partial charge in [0.2, 0.25) is 5.95 Å².